The van der Waals surface area contributed by atoms with Crippen LogP contribution in [0.1, 0.15) is 16.2 Å². The minimum absolute atomic E-state index is 0.169. The lowest BCUT2D eigenvalue weighted by molar-refractivity contribution is -0.136. The summed E-state index contributed by atoms with van der Waals surface area (Å²) in [5.41, 5.74) is 0.564. The van der Waals surface area contributed by atoms with E-state index in [-0.39, 0.29) is 17.3 Å². The SMILES string of the molecule is O=C(O)Cc1csc(NC(=O)c2cccc(Cl)n2)n1. The first-order valence-electron chi connectivity index (χ1n) is 5.14. The molecule has 0 spiro atoms. The Hall–Kier alpha value is -1.99. The number of carboxylic acid groups (broad SMARTS) is 1. The first kappa shape index (κ1) is 13.4. The van der Waals surface area contributed by atoms with Gasteiger partial charge in [0.1, 0.15) is 10.8 Å². The highest BCUT2D eigenvalue weighted by Gasteiger charge is 2.11. The molecule has 2 rings (SSSR count). The molecule has 0 radical (unpaired) electrons. The van der Waals surface area contributed by atoms with E-state index >= 15 is 0 Å². The van der Waals surface area contributed by atoms with Crippen molar-refractivity contribution in [3.05, 3.63) is 40.1 Å². The molecule has 2 N–H and O–H groups in total. The molecule has 1 amide bonds. The highest BCUT2D eigenvalue weighted by Crippen LogP contribution is 2.17. The Balaban J connectivity index is 2.06. The summed E-state index contributed by atoms with van der Waals surface area (Å²) in [6.07, 6.45) is -0.179. The molecule has 0 atom stereocenters. The number of halogens is 1. The molecule has 0 aliphatic carbocycles. The largest absolute Gasteiger partial charge is 0.481 e. The van der Waals surface area contributed by atoms with Gasteiger partial charge in [-0.25, -0.2) is 9.97 Å². The highest BCUT2D eigenvalue weighted by atomic mass is 35.5. The molecule has 6 nitrogen and oxygen atoms in total. The van der Waals surface area contributed by atoms with Crippen molar-refractivity contribution in [3.63, 3.8) is 0 Å². The quantitative estimate of drug-likeness (QED) is 0.843. The second kappa shape index (κ2) is 5.77. The van der Waals surface area contributed by atoms with Gasteiger partial charge in [0.05, 0.1) is 12.1 Å². The number of aromatic nitrogens is 2. The van der Waals surface area contributed by atoms with Crippen molar-refractivity contribution >= 4 is 39.9 Å². The van der Waals surface area contributed by atoms with Gasteiger partial charge >= 0.3 is 5.97 Å². The van der Waals surface area contributed by atoms with E-state index in [0.717, 1.165) is 11.3 Å². The maximum atomic E-state index is 11.8. The van der Waals surface area contributed by atoms with Crippen LogP contribution in [-0.4, -0.2) is 27.0 Å². The number of carbonyl (C=O) groups excluding carboxylic acids is 1. The monoisotopic (exact) mass is 297 g/mol. The van der Waals surface area contributed by atoms with Gasteiger partial charge in [0.15, 0.2) is 5.13 Å². The van der Waals surface area contributed by atoms with E-state index in [9.17, 15) is 9.59 Å². The smallest absolute Gasteiger partial charge is 0.309 e. The minimum atomic E-state index is -0.973. The zero-order valence-corrected chi connectivity index (χ0v) is 11.0. The minimum Gasteiger partial charge on any atom is -0.481 e. The first-order valence-corrected chi connectivity index (χ1v) is 6.40. The summed E-state index contributed by atoms with van der Waals surface area (Å²) in [4.78, 5) is 30.2. The van der Waals surface area contributed by atoms with E-state index in [1.54, 1.807) is 17.5 Å². The average molecular weight is 298 g/mol. The number of aliphatic carboxylic acids is 1. The van der Waals surface area contributed by atoms with E-state index in [0.29, 0.717) is 10.8 Å². The van der Waals surface area contributed by atoms with Crippen LogP contribution >= 0.6 is 22.9 Å². The lowest BCUT2D eigenvalue weighted by Crippen LogP contribution is -2.13. The van der Waals surface area contributed by atoms with Gasteiger partial charge in [-0.15, -0.1) is 11.3 Å². The third kappa shape index (κ3) is 3.73. The van der Waals surface area contributed by atoms with Gasteiger partial charge < -0.3 is 5.11 Å². The maximum Gasteiger partial charge on any atom is 0.309 e. The molecule has 0 fully saturated rings. The lowest BCUT2D eigenvalue weighted by atomic mass is 10.3. The molecular formula is C11H8ClN3O3S. The molecule has 0 bridgehead atoms. The second-order valence-electron chi connectivity index (χ2n) is 3.51. The molecule has 0 aromatic carbocycles. The normalized spacial score (nSPS) is 10.2. The summed E-state index contributed by atoms with van der Waals surface area (Å²) in [5, 5.41) is 13.3. The Bertz CT molecular complexity index is 629. The molecule has 19 heavy (non-hydrogen) atoms. The van der Waals surface area contributed by atoms with E-state index in [1.807, 2.05) is 0 Å². The summed E-state index contributed by atoms with van der Waals surface area (Å²) in [7, 11) is 0. The van der Waals surface area contributed by atoms with Gasteiger partial charge in [-0.3, -0.25) is 14.9 Å². The maximum absolute atomic E-state index is 11.8. The highest BCUT2D eigenvalue weighted by molar-refractivity contribution is 7.14. The fourth-order valence-electron chi connectivity index (χ4n) is 1.30. The predicted octanol–water partition coefficient (Wildman–Crippen LogP) is 2.07. The molecule has 0 unspecified atom stereocenters. The molecule has 0 saturated heterocycles. The van der Waals surface area contributed by atoms with Crippen molar-refractivity contribution in [2.24, 2.45) is 0 Å². The second-order valence-corrected chi connectivity index (χ2v) is 4.76. The van der Waals surface area contributed by atoms with E-state index in [1.165, 1.54) is 6.07 Å². The van der Waals surface area contributed by atoms with E-state index < -0.39 is 11.9 Å². The third-order valence-electron chi connectivity index (χ3n) is 2.05. The average Bonchev–Trinajstić information content (AvgIpc) is 2.75. The van der Waals surface area contributed by atoms with Gasteiger partial charge in [0, 0.05) is 5.38 Å². The number of rotatable bonds is 4. The molecule has 8 heteroatoms. The van der Waals surface area contributed by atoms with E-state index in [2.05, 4.69) is 15.3 Å². The van der Waals surface area contributed by atoms with Crippen molar-refractivity contribution in [1.82, 2.24) is 9.97 Å². The number of carbonyl (C=O) groups is 2. The summed E-state index contributed by atoms with van der Waals surface area (Å²) in [6, 6.07) is 4.70. The standard InChI is InChI=1S/C11H8ClN3O3S/c12-8-3-1-2-7(14-8)10(18)15-11-13-6(5-19-11)4-9(16)17/h1-3,5H,4H2,(H,16,17)(H,13,15,18). The van der Waals surface area contributed by atoms with Gasteiger partial charge in [-0.2, -0.15) is 0 Å². The fourth-order valence-corrected chi connectivity index (χ4v) is 2.17. The van der Waals surface area contributed by atoms with Crippen LogP contribution in [0.3, 0.4) is 0 Å². The zero-order chi connectivity index (χ0) is 13.8. The number of nitrogens with one attached hydrogen (secondary N) is 1. The van der Waals surface area contributed by atoms with Crippen LogP contribution in [0.25, 0.3) is 0 Å². The molecular weight excluding hydrogens is 290 g/mol. The Morgan fingerprint density at radius 2 is 2.16 bits per heavy atom. The third-order valence-corrected chi connectivity index (χ3v) is 3.07. The Morgan fingerprint density at radius 3 is 2.84 bits per heavy atom. The van der Waals surface area contributed by atoms with Crippen molar-refractivity contribution in [2.75, 3.05) is 5.32 Å². The molecule has 0 aliphatic heterocycles. The van der Waals surface area contributed by atoms with Crippen molar-refractivity contribution in [3.8, 4) is 0 Å². The number of carboxylic acids is 1. The van der Waals surface area contributed by atoms with Crippen molar-refractivity contribution in [1.29, 1.82) is 0 Å². The molecule has 0 aliphatic rings. The molecule has 98 valence electrons. The summed E-state index contributed by atoms with van der Waals surface area (Å²) in [6.45, 7) is 0. The summed E-state index contributed by atoms with van der Waals surface area (Å²) < 4.78 is 0. The number of hydrogen-bond acceptors (Lipinski definition) is 5. The van der Waals surface area contributed by atoms with Crippen LogP contribution in [-0.2, 0) is 11.2 Å². The van der Waals surface area contributed by atoms with Crippen LogP contribution in [0.4, 0.5) is 5.13 Å². The number of nitrogens with zero attached hydrogens (tertiary/aromatic N) is 2. The fraction of sp³-hybridized carbons (Fsp3) is 0.0909. The Kier molecular flexibility index (Phi) is 4.08. The predicted molar refractivity (Wildman–Crippen MR) is 70.7 cm³/mol. The van der Waals surface area contributed by atoms with Crippen molar-refractivity contribution in [2.45, 2.75) is 6.42 Å². The number of amides is 1. The first-order chi connectivity index (χ1) is 9.04. The number of pyridine rings is 1. The number of thiazole rings is 1. The van der Waals surface area contributed by atoms with E-state index in [4.69, 9.17) is 16.7 Å². The van der Waals surface area contributed by atoms with Gasteiger partial charge in [-0.1, -0.05) is 17.7 Å². The van der Waals surface area contributed by atoms with Crippen LogP contribution in [0.5, 0.6) is 0 Å². The van der Waals surface area contributed by atoms with Crippen molar-refractivity contribution < 1.29 is 14.7 Å². The van der Waals surface area contributed by atoms with Gasteiger partial charge in [0.25, 0.3) is 5.91 Å². The topological polar surface area (TPSA) is 92.2 Å². The number of hydrogen-bond donors (Lipinski definition) is 2. The van der Waals surface area contributed by atoms with Gasteiger partial charge in [0.2, 0.25) is 0 Å². The van der Waals surface area contributed by atoms with Crippen LogP contribution in [0, 0.1) is 0 Å². The molecule has 2 aromatic rings. The van der Waals surface area contributed by atoms with Crippen LogP contribution < -0.4 is 5.32 Å². The summed E-state index contributed by atoms with van der Waals surface area (Å²) >= 11 is 6.84. The van der Waals surface area contributed by atoms with Crippen LogP contribution in [0.15, 0.2) is 23.6 Å². The zero-order valence-electron chi connectivity index (χ0n) is 9.46. The molecule has 2 aromatic heterocycles. The lowest BCUT2D eigenvalue weighted by Gasteiger charge is -2.00. The summed E-state index contributed by atoms with van der Waals surface area (Å²) in [5.74, 6) is -1.42. The Labute approximate surface area is 117 Å². The molecule has 0 saturated carbocycles. The Morgan fingerprint density at radius 1 is 1.37 bits per heavy atom. The van der Waals surface area contributed by atoms with Crippen LogP contribution in [0.2, 0.25) is 5.15 Å². The van der Waals surface area contributed by atoms with Gasteiger partial charge in [-0.05, 0) is 12.1 Å². The number of anilines is 1. The molecule has 2 heterocycles.